The van der Waals surface area contributed by atoms with Gasteiger partial charge in [-0.1, -0.05) is 0 Å². The summed E-state index contributed by atoms with van der Waals surface area (Å²) in [6, 6.07) is 7.90. The average Bonchev–Trinajstić information content (AvgIpc) is 3.15. The third-order valence-electron chi connectivity index (χ3n) is 3.09. The van der Waals surface area contributed by atoms with Crippen molar-refractivity contribution in [1.29, 1.82) is 5.26 Å². The molecule has 1 aliphatic rings. The largest absolute Gasteiger partial charge is 0.398 e. The quantitative estimate of drug-likeness (QED) is 0.762. The predicted molar refractivity (Wildman–Crippen MR) is 70.0 cm³/mol. The second kappa shape index (κ2) is 4.96. The minimum Gasteiger partial charge on any atom is -0.398 e. The van der Waals surface area contributed by atoms with E-state index in [1.807, 2.05) is 6.07 Å². The Bertz CT molecular complexity index is 502. The van der Waals surface area contributed by atoms with Crippen LogP contribution in [0.15, 0.2) is 18.2 Å². The molecule has 0 radical (unpaired) electrons. The summed E-state index contributed by atoms with van der Waals surface area (Å²) in [7, 11) is 0. The van der Waals surface area contributed by atoms with Crippen molar-refractivity contribution in [3.05, 3.63) is 23.8 Å². The fraction of sp³-hybridized carbons (Fsp3) is 0.385. The summed E-state index contributed by atoms with van der Waals surface area (Å²) >= 11 is 0. The van der Waals surface area contributed by atoms with E-state index in [-0.39, 0.29) is 0 Å². The number of hydrogen-bond donors (Lipinski definition) is 2. The van der Waals surface area contributed by atoms with Crippen molar-refractivity contribution in [2.45, 2.75) is 25.3 Å². The van der Waals surface area contributed by atoms with E-state index in [1.165, 1.54) is 0 Å². The lowest BCUT2D eigenvalue weighted by atomic mass is 10.1. The monoisotopic (exact) mass is 244 g/mol. The Balaban J connectivity index is 2.27. The summed E-state index contributed by atoms with van der Waals surface area (Å²) in [6.45, 7) is 0.670. The fourth-order valence-electron chi connectivity index (χ4n) is 2.02. The molecule has 4 N–H and O–H groups in total. The molecule has 1 aromatic rings. The zero-order valence-corrected chi connectivity index (χ0v) is 10.1. The predicted octanol–water partition coefficient (Wildman–Crippen LogP) is 1.25. The number of primary amides is 1. The molecule has 18 heavy (non-hydrogen) atoms. The summed E-state index contributed by atoms with van der Waals surface area (Å²) in [5.41, 5.74) is 12.6. The van der Waals surface area contributed by atoms with Crippen molar-refractivity contribution in [3.8, 4) is 6.07 Å². The molecular weight excluding hydrogens is 228 g/mol. The van der Waals surface area contributed by atoms with Gasteiger partial charge in [0, 0.05) is 24.0 Å². The van der Waals surface area contributed by atoms with Crippen molar-refractivity contribution in [1.82, 2.24) is 0 Å². The van der Waals surface area contributed by atoms with Crippen LogP contribution in [0.2, 0.25) is 0 Å². The molecule has 1 amide bonds. The molecule has 5 heteroatoms. The molecular formula is C13H16N4O. The third kappa shape index (κ3) is 2.54. The van der Waals surface area contributed by atoms with E-state index in [0.717, 1.165) is 18.5 Å². The minimum atomic E-state index is -0.523. The first-order valence-corrected chi connectivity index (χ1v) is 5.96. The van der Waals surface area contributed by atoms with Crippen molar-refractivity contribution in [2.75, 3.05) is 17.2 Å². The maximum Gasteiger partial charge on any atom is 0.250 e. The normalized spacial score (nSPS) is 13.9. The summed E-state index contributed by atoms with van der Waals surface area (Å²) in [5, 5.41) is 8.68. The van der Waals surface area contributed by atoms with Crippen LogP contribution in [0.4, 0.5) is 11.4 Å². The van der Waals surface area contributed by atoms with Gasteiger partial charge in [0.25, 0.3) is 5.91 Å². The third-order valence-corrected chi connectivity index (χ3v) is 3.09. The Morgan fingerprint density at radius 2 is 2.22 bits per heavy atom. The fourth-order valence-corrected chi connectivity index (χ4v) is 2.02. The van der Waals surface area contributed by atoms with Gasteiger partial charge in [-0.3, -0.25) is 4.79 Å². The molecule has 0 atom stereocenters. The molecule has 94 valence electrons. The number of amides is 1. The Labute approximate surface area is 106 Å². The highest BCUT2D eigenvalue weighted by Gasteiger charge is 2.29. The molecule has 2 rings (SSSR count). The van der Waals surface area contributed by atoms with E-state index >= 15 is 0 Å². The van der Waals surface area contributed by atoms with Crippen molar-refractivity contribution in [2.24, 2.45) is 5.73 Å². The number of carbonyl (C=O) groups is 1. The number of nitrogen functional groups attached to an aromatic ring is 1. The molecule has 0 saturated heterocycles. The Morgan fingerprint density at radius 3 is 2.78 bits per heavy atom. The lowest BCUT2D eigenvalue weighted by Crippen LogP contribution is -2.27. The zero-order chi connectivity index (χ0) is 13.1. The first-order chi connectivity index (χ1) is 8.63. The molecule has 0 unspecified atom stereocenters. The van der Waals surface area contributed by atoms with Gasteiger partial charge in [0.05, 0.1) is 18.1 Å². The van der Waals surface area contributed by atoms with Crippen LogP contribution in [-0.2, 0) is 0 Å². The second-order valence-corrected chi connectivity index (χ2v) is 4.47. The molecule has 1 fully saturated rings. The van der Waals surface area contributed by atoms with Crippen molar-refractivity contribution >= 4 is 17.3 Å². The maximum absolute atomic E-state index is 11.3. The average molecular weight is 244 g/mol. The SMILES string of the molecule is N#CCCN(c1ccc(N)c(C(N)=O)c1)C1CC1. The van der Waals surface area contributed by atoms with Crippen LogP contribution in [0.25, 0.3) is 0 Å². The van der Waals surface area contributed by atoms with Crippen LogP contribution in [0.3, 0.4) is 0 Å². The molecule has 0 aromatic heterocycles. The number of rotatable bonds is 5. The van der Waals surface area contributed by atoms with Crippen LogP contribution in [0, 0.1) is 11.3 Å². The molecule has 0 bridgehead atoms. The van der Waals surface area contributed by atoms with E-state index in [1.54, 1.807) is 12.1 Å². The molecule has 5 nitrogen and oxygen atoms in total. The standard InChI is InChI=1S/C13H16N4O/c14-6-1-7-17(9-2-3-9)10-4-5-12(15)11(8-10)13(16)18/h4-5,8-9H,1-3,7,15H2,(H2,16,18). The lowest BCUT2D eigenvalue weighted by Gasteiger charge is -2.24. The molecule has 1 saturated carbocycles. The van der Waals surface area contributed by atoms with Crippen LogP contribution in [-0.4, -0.2) is 18.5 Å². The van der Waals surface area contributed by atoms with E-state index in [9.17, 15) is 4.79 Å². The van der Waals surface area contributed by atoms with Gasteiger partial charge in [-0.25, -0.2) is 0 Å². The van der Waals surface area contributed by atoms with Gasteiger partial charge >= 0.3 is 0 Å². The molecule has 1 aliphatic carbocycles. The van der Waals surface area contributed by atoms with Gasteiger partial charge in [0.15, 0.2) is 0 Å². The van der Waals surface area contributed by atoms with E-state index in [2.05, 4.69) is 11.0 Å². The summed E-state index contributed by atoms with van der Waals surface area (Å²) in [6.07, 6.45) is 2.72. The maximum atomic E-state index is 11.3. The highest BCUT2D eigenvalue weighted by Crippen LogP contribution is 2.33. The first kappa shape index (κ1) is 12.2. The highest BCUT2D eigenvalue weighted by atomic mass is 16.1. The zero-order valence-electron chi connectivity index (χ0n) is 10.1. The molecule has 0 aliphatic heterocycles. The Hall–Kier alpha value is -2.22. The lowest BCUT2D eigenvalue weighted by molar-refractivity contribution is 0.100. The topological polar surface area (TPSA) is 96.1 Å². The van der Waals surface area contributed by atoms with Crippen LogP contribution < -0.4 is 16.4 Å². The van der Waals surface area contributed by atoms with Gasteiger partial charge in [-0.15, -0.1) is 0 Å². The van der Waals surface area contributed by atoms with E-state index < -0.39 is 5.91 Å². The smallest absolute Gasteiger partial charge is 0.250 e. The number of hydrogen-bond acceptors (Lipinski definition) is 4. The van der Waals surface area contributed by atoms with Gasteiger partial charge < -0.3 is 16.4 Å². The number of nitriles is 1. The molecule has 0 heterocycles. The van der Waals surface area contributed by atoms with Crippen LogP contribution in [0.1, 0.15) is 29.6 Å². The van der Waals surface area contributed by atoms with Crippen LogP contribution in [0.5, 0.6) is 0 Å². The van der Waals surface area contributed by atoms with Crippen molar-refractivity contribution in [3.63, 3.8) is 0 Å². The number of carbonyl (C=O) groups excluding carboxylic acids is 1. The molecule has 1 aromatic carbocycles. The molecule has 0 spiro atoms. The highest BCUT2D eigenvalue weighted by molar-refractivity contribution is 5.99. The van der Waals surface area contributed by atoms with Gasteiger partial charge in [0.1, 0.15) is 0 Å². The van der Waals surface area contributed by atoms with Gasteiger partial charge in [-0.2, -0.15) is 5.26 Å². The summed E-state index contributed by atoms with van der Waals surface area (Å²) in [4.78, 5) is 13.4. The first-order valence-electron chi connectivity index (χ1n) is 5.96. The van der Waals surface area contributed by atoms with Crippen LogP contribution >= 0.6 is 0 Å². The summed E-state index contributed by atoms with van der Waals surface area (Å²) in [5.74, 6) is -0.523. The number of nitrogens with zero attached hydrogens (tertiary/aromatic N) is 2. The van der Waals surface area contributed by atoms with E-state index in [4.69, 9.17) is 16.7 Å². The number of nitrogens with two attached hydrogens (primary N) is 2. The summed E-state index contributed by atoms with van der Waals surface area (Å²) < 4.78 is 0. The number of anilines is 2. The second-order valence-electron chi connectivity index (χ2n) is 4.47. The minimum absolute atomic E-state index is 0.343. The van der Waals surface area contributed by atoms with Crippen molar-refractivity contribution < 1.29 is 4.79 Å². The Kier molecular flexibility index (Phi) is 3.38. The number of benzene rings is 1. The van der Waals surface area contributed by atoms with Gasteiger partial charge in [-0.05, 0) is 31.0 Å². The van der Waals surface area contributed by atoms with Gasteiger partial charge in [0.2, 0.25) is 0 Å². The van der Waals surface area contributed by atoms with E-state index in [0.29, 0.717) is 30.3 Å². The Morgan fingerprint density at radius 1 is 1.50 bits per heavy atom.